The first-order chi connectivity index (χ1) is 9.11. The summed E-state index contributed by atoms with van der Waals surface area (Å²) in [5.41, 5.74) is 9.29. The molecule has 0 fully saturated rings. The van der Waals surface area contributed by atoms with E-state index in [1.54, 1.807) is 0 Å². The van der Waals surface area contributed by atoms with Gasteiger partial charge in [0, 0.05) is 16.7 Å². The highest BCUT2D eigenvalue weighted by molar-refractivity contribution is 9.10. The van der Waals surface area contributed by atoms with Gasteiger partial charge in [0.1, 0.15) is 0 Å². The van der Waals surface area contributed by atoms with E-state index in [-0.39, 0.29) is 6.04 Å². The van der Waals surface area contributed by atoms with E-state index in [0.717, 1.165) is 10.2 Å². The van der Waals surface area contributed by atoms with Crippen LogP contribution in [0.25, 0.3) is 0 Å². The molecule has 0 saturated carbocycles. The Morgan fingerprint density at radius 3 is 2.63 bits per heavy atom. The zero-order valence-corrected chi connectivity index (χ0v) is 13.0. The first kappa shape index (κ1) is 14.4. The fourth-order valence-electron chi connectivity index (χ4n) is 2.03. The van der Waals surface area contributed by atoms with Crippen molar-refractivity contribution in [1.29, 1.82) is 0 Å². The van der Waals surface area contributed by atoms with Crippen LogP contribution < -0.4 is 11.1 Å². The summed E-state index contributed by atoms with van der Waals surface area (Å²) in [7, 11) is 0. The quantitative estimate of drug-likeness (QED) is 0.859. The predicted octanol–water partition coefficient (Wildman–Crippen LogP) is 4.52. The largest absolute Gasteiger partial charge is 0.377 e. The average molecular weight is 340 g/mol. The summed E-state index contributed by atoms with van der Waals surface area (Å²) in [6.45, 7) is 2.62. The molecule has 19 heavy (non-hydrogen) atoms. The van der Waals surface area contributed by atoms with E-state index in [1.807, 2.05) is 30.3 Å². The van der Waals surface area contributed by atoms with Crippen molar-refractivity contribution < 1.29 is 0 Å². The third-order valence-electron chi connectivity index (χ3n) is 3.06. The molecule has 2 aromatic rings. The van der Waals surface area contributed by atoms with Crippen LogP contribution >= 0.6 is 27.5 Å². The van der Waals surface area contributed by atoms with E-state index < -0.39 is 0 Å². The number of nitrogens with two attached hydrogens (primary N) is 1. The van der Waals surface area contributed by atoms with Gasteiger partial charge in [0.25, 0.3) is 0 Å². The molecule has 2 aromatic carbocycles. The predicted molar refractivity (Wildman–Crippen MR) is 85.7 cm³/mol. The molecule has 0 saturated heterocycles. The summed E-state index contributed by atoms with van der Waals surface area (Å²) in [5, 5.41) is 4.11. The van der Waals surface area contributed by atoms with Gasteiger partial charge >= 0.3 is 0 Å². The fraction of sp³-hybridized carbons (Fsp3) is 0.200. The Labute approximate surface area is 127 Å². The minimum atomic E-state index is 0.0819. The average Bonchev–Trinajstić information content (AvgIpc) is 2.41. The standard InChI is InChI=1S/C15H16BrClN2/c1-10-4-2-3-5-12(10)15(9-18)19-11-6-7-13(16)14(17)8-11/h2-8,15,19H,9,18H2,1H3. The summed E-state index contributed by atoms with van der Waals surface area (Å²) in [5.74, 6) is 0. The molecule has 0 bridgehead atoms. The lowest BCUT2D eigenvalue weighted by atomic mass is 10.0. The maximum atomic E-state index is 6.10. The van der Waals surface area contributed by atoms with Crippen LogP contribution in [0.3, 0.4) is 0 Å². The van der Waals surface area contributed by atoms with Crippen LogP contribution in [0.2, 0.25) is 5.02 Å². The van der Waals surface area contributed by atoms with Crippen LogP contribution in [0.5, 0.6) is 0 Å². The summed E-state index contributed by atoms with van der Waals surface area (Å²) in [6.07, 6.45) is 0. The molecule has 0 heterocycles. The van der Waals surface area contributed by atoms with E-state index >= 15 is 0 Å². The number of halogens is 2. The number of aryl methyl sites for hydroxylation is 1. The lowest BCUT2D eigenvalue weighted by molar-refractivity contribution is 0.783. The smallest absolute Gasteiger partial charge is 0.0638 e. The number of hydrogen-bond donors (Lipinski definition) is 2. The van der Waals surface area contributed by atoms with Crippen molar-refractivity contribution in [2.75, 3.05) is 11.9 Å². The molecule has 0 aliphatic carbocycles. The van der Waals surface area contributed by atoms with Gasteiger partial charge in [0.05, 0.1) is 11.1 Å². The third-order valence-corrected chi connectivity index (χ3v) is 4.29. The Morgan fingerprint density at radius 1 is 1.26 bits per heavy atom. The lowest BCUT2D eigenvalue weighted by Crippen LogP contribution is -2.21. The molecule has 0 amide bonds. The van der Waals surface area contributed by atoms with Crippen molar-refractivity contribution in [2.24, 2.45) is 5.73 Å². The molecular formula is C15H16BrClN2. The van der Waals surface area contributed by atoms with Crippen LogP contribution in [-0.2, 0) is 0 Å². The first-order valence-electron chi connectivity index (χ1n) is 6.09. The van der Waals surface area contributed by atoms with Gasteiger partial charge < -0.3 is 11.1 Å². The highest BCUT2D eigenvalue weighted by Crippen LogP contribution is 2.28. The second-order valence-electron chi connectivity index (χ2n) is 4.42. The second-order valence-corrected chi connectivity index (χ2v) is 5.68. The van der Waals surface area contributed by atoms with Gasteiger partial charge in [-0.15, -0.1) is 0 Å². The molecule has 0 aromatic heterocycles. The second kappa shape index (κ2) is 6.42. The van der Waals surface area contributed by atoms with Gasteiger partial charge in [-0.05, 0) is 52.2 Å². The van der Waals surface area contributed by atoms with Crippen molar-refractivity contribution in [2.45, 2.75) is 13.0 Å². The molecule has 3 N–H and O–H groups in total. The Kier molecular flexibility index (Phi) is 4.86. The zero-order valence-electron chi connectivity index (χ0n) is 10.7. The number of rotatable bonds is 4. The first-order valence-corrected chi connectivity index (χ1v) is 7.26. The van der Waals surface area contributed by atoms with Crippen LogP contribution in [0.1, 0.15) is 17.2 Å². The summed E-state index contributed by atoms with van der Waals surface area (Å²) in [6, 6.07) is 14.1. The maximum absolute atomic E-state index is 6.10. The van der Waals surface area contributed by atoms with Crippen molar-refractivity contribution in [3.63, 3.8) is 0 Å². The molecule has 4 heteroatoms. The van der Waals surface area contributed by atoms with Crippen LogP contribution in [0.4, 0.5) is 5.69 Å². The molecule has 1 unspecified atom stereocenters. The highest BCUT2D eigenvalue weighted by atomic mass is 79.9. The van der Waals surface area contributed by atoms with Crippen molar-refractivity contribution >= 4 is 33.2 Å². The number of anilines is 1. The monoisotopic (exact) mass is 338 g/mol. The zero-order chi connectivity index (χ0) is 13.8. The van der Waals surface area contributed by atoms with Gasteiger partial charge in [0.15, 0.2) is 0 Å². The maximum Gasteiger partial charge on any atom is 0.0638 e. The van der Waals surface area contributed by atoms with Gasteiger partial charge in [-0.3, -0.25) is 0 Å². The lowest BCUT2D eigenvalue weighted by Gasteiger charge is -2.20. The van der Waals surface area contributed by atoms with Gasteiger partial charge in [-0.2, -0.15) is 0 Å². The topological polar surface area (TPSA) is 38.0 Å². The van der Waals surface area contributed by atoms with Crippen LogP contribution in [-0.4, -0.2) is 6.54 Å². The number of benzene rings is 2. The molecule has 0 aliphatic rings. The third kappa shape index (κ3) is 3.50. The van der Waals surface area contributed by atoms with Crippen molar-refractivity contribution in [1.82, 2.24) is 0 Å². The molecule has 1 atom stereocenters. The van der Waals surface area contributed by atoms with Gasteiger partial charge in [-0.1, -0.05) is 35.9 Å². The number of nitrogens with one attached hydrogen (secondary N) is 1. The van der Waals surface area contributed by atoms with E-state index in [9.17, 15) is 0 Å². The van der Waals surface area contributed by atoms with Gasteiger partial charge in [0.2, 0.25) is 0 Å². The summed E-state index contributed by atoms with van der Waals surface area (Å²) in [4.78, 5) is 0. The highest BCUT2D eigenvalue weighted by Gasteiger charge is 2.12. The molecule has 100 valence electrons. The minimum Gasteiger partial charge on any atom is -0.377 e. The summed E-state index contributed by atoms with van der Waals surface area (Å²) < 4.78 is 0.889. The van der Waals surface area contributed by atoms with E-state index in [2.05, 4.69) is 40.3 Å². The Bertz CT molecular complexity index is 572. The van der Waals surface area contributed by atoms with Crippen LogP contribution in [0, 0.1) is 6.92 Å². The molecular weight excluding hydrogens is 324 g/mol. The Morgan fingerprint density at radius 2 is 2.00 bits per heavy atom. The Balaban J connectivity index is 2.24. The van der Waals surface area contributed by atoms with E-state index in [0.29, 0.717) is 11.6 Å². The van der Waals surface area contributed by atoms with Crippen LogP contribution in [0.15, 0.2) is 46.9 Å². The molecule has 0 aliphatic heterocycles. The van der Waals surface area contributed by atoms with Crippen molar-refractivity contribution in [3.05, 3.63) is 63.1 Å². The fourth-order valence-corrected chi connectivity index (χ4v) is 2.46. The summed E-state index contributed by atoms with van der Waals surface area (Å²) >= 11 is 9.48. The SMILES string of the molecule is Cc1ccccc1C(CN)Nc1ccc(Br)c(Cl)c1. The van der Waals surface area contributed by atoms with Crippen molar-refractivity contribution in [3.8, 4) is 0 Å². The molecule has 2 nitrogen and oxygen atoms in total. The molecule has 0 radical (unpaired) electrons. The number of hydrogen-bond acceptors (Lipinski definition) is 2. The molecule has 2 rings (SSSR count). The normalized spacial score (nSPS) is 12.2. The van der Waals surface area contributed by atoms with E-state index in [4.69, 9.17) is 17.3 Å². The molecule has 0 spiro atoms. The Hall–Kier alpha value is -1.03. The van der Waals surface area contributed by atoms with E-state index in [1.165, 1.54) is 11.1 Å². The van der Waals surface area contributed by atoms with Gasteiger partial charge in [-0.25, -0.2) is 0 Å². The minimum absolute atomic E-state index is 0.0819.